The van der Waals surface area contributed by atoms with Crippen molar-refractivity contribution < 1.29 is 9.90 Å². The van der Waals surface area contributed by atoms with Crippen LogP contribution >= 0.6 is 0 Å². The Morgan fingerprint density at radius 1 is 1.24 bits per heavy atom. The van der Waals surface area contributed by atoms with E-state index in [4.69, 9.17) is 0 Å². The highest BCUT2D eigenvalue weighted by Gasteiger charge is 2.31. The lowest BCUT2D eigenvalue weighted by molar-refractivity contribution is 0.0676. The summed E-state index contributed by atoms with van der Waals surface area (Å²) in [5.41, 5.74) is 4.76. The number of aliphatic hydroxyl groups is 1. The van der Waals surface area contributed by atoms with Crippen molar-refractivity contribution in [3.63, 3.8) is 0 Å². The van der Waals surface area contributed by atoms with Crippen molar-refractivity contribution in [2.75, 3.05) is 6.54 Å². The maximum Gasteiger partial charge on any atom is 0.274 e. The number of likely N-dealkylation sites (tertiary alicyclic amines) is 1. The second-order valence-corrected chi connectivity index (χ2v) is 7.31. The highest BCUT2D eigenvalue weighted by atomic mass is 16.3. The topological polar surface area (TPSA) is 58.4 Å². The third kappa shape index (κ3) is 3.76. The zero-order valence-electron chi connectivity index (χ0n) is 15.5. The monoisotopic (exact) mass is 341 g/mol. The van der Waals surface area contributed by atoms with Crippen molar-refractivity contribution in [3.8, 4) is 5.69 Å². The predicted octanol–water partition coefficient (Wildman–Crippen LogP) is 3.17. The summed E-state index contributed by atoms with van der Waals surface area (Å²) in [7, 11) is 0. The van der Waals surface area contributed by atoms with Gasteiger partial charge in [-0.3, -0.25) is 4.79 Å². The van der Waals surface area contributed by atoms with E-state index in [1.807, 2.05) is 22.6 Å². The molecule has 0 saturated carbocycles. The smallest absolute Gasteiger partial charge is 0.274 e. The zero-order valence-corrected chi connectivity index (χ0v) is 15.5. The maximum atomic E-state index is 12.9. The molecule has 1 aliphatic rings. The minimum absolute atomic E-state index is 0.0330. The molecule has 2 unspecified atom stereocenters. The van der Waals surface area contributed by atoms with E-state index in [-0.39, 0.29) is 11.9 Å². The average molecular weight is 341 g/mol. The molecular formula is C20H27N3O2. The Hall–Kier alpha value is -2.14. The van der Waals surface area contributed by atoms with Gasteiger partial charge in [0.1, 0.15) is 0 Å². The number of rotatable bonds is 4. The van der Waals surface area contributed by atoms with Gasteiger partial charge in [-0.25, -0.2) is 4.68 Å². The molecule has 1 saturated heterocycles. The molecule has 3 rings (SSSR count). The molecule has 0 bridgehead atoms. The maximum absolute atomic E-state index is 12.9. The Morgan fingerprint density at radius 3 is 2.56 bits per heavy atom. The summed E-state index contributed by atoms with van der Waals surface area (Å²) >= 11 is 0. The van der Waals surface area contributed by atoms with Crippen molar-refractivity contribution in [2.24, 2.45) is 0 Å². The molecule has 1 amide bonds. The van der Waals surface area contributed by atoms with Crippen LogP contribution in [0.2, 0.25) is 0 Å². The molecule has 5 heteroatoms. The minimum atomic E-state index is -0.395. The predicted molar refractivity (Wildman–Crippen MR) is 98.1 cm³/mol. The van der Waals surface area contributed by atoms with E-state index in [1.54, 1.807) is 6.92 Å². The lowest BCUT2D eigenvalue weighted by atomic mass is 10.1. The summed E-state index contributed by atoms with van der Waals surface area (Å²) in [6.07, 6.45) is 2.17. The molecule has 1 aliphatic heterocycles. The van der Waals surface area contributed by atoms with E-state index >= 15 is 0 Å². The van der Waals surface area contributed by atoms with Crippen LogP contribution in [0.3, 0.4) is 0 Å². The molecule has 25 heavy (non-hydrogen) atoms. The van der Waals surface area contributed by atoms with Crippen LogP contribution in [-0.2, 0) is 0 Å². The molecule has 2 atom stereocenters. The molecule has 1 fully saturated rings. The largest absolute Gasteiger partial charge is 0.393 e. The van der Waals surface area contributed by atoms with Gasteiger partial charge in [0, 0.05) is 18.3 Å². The summed E-state index contributed by atoms with van der Waals surface area (Å²) in [5.74, 6) is -0.0330. The summed E-state index contributed by atoms with van der Waals surface area (Å²) in [6, 6.07) is 8.25. The van der Waals surface area contributed by atoms with Crippen molar-refractivity contribution >= 4 is 5.91 Å². The third-order valence-electron chi connectivity index (χ3n) is 4.81. The number of aryl methyl sites for hydroxylation is 3. The summed E-state index contributed by atoms with van der Waals surface area (Å²) in [6.45, 7) is 8.61. The fourth-order valence-corrected chi connectivity index (χ4v) is 3.80. The normalized spacial score (nSPS) is 18.6. The molecular weight excluding hydrogens is 314 g/mol. The van der Waals surface area contributed by atoms with Gasteiger partial charge in [-0.05, 0) is 76.3 Å². The first kappa shape index (κ1) is 17.7. The van der Waals surface area contributed by atoms with Gasteiger partial charge in [0.15, 0.2) is 5.69 Å². The molecule has 0 spiro atoms. The van der Waals surface area contributed by atoms with Crippen LogP contribution in [0.5, 0.6) is 0 Å². The number of aliphatic hydroxyl groups excluding tert-OH is 1. The lowest BCUT2D eigenvalue weighted by Crippen LogP contribution is -2.37. The van der Waals surface area contributed by atoms with Crippen molar-refractivity contribution in [1.82, 2.24) is 14.7 Å². The number of carbonyl (C=O) groups excluding carboxylic acids is 1. The van der Waals surface area contributed by atoms with Crippen LogP contribution in [-0.4, -0.2) is 44.4 Å². The Bertz CT molecular complexity index is 759. The molecule has 0 radical (unpaired) electrons. The van der Waals surface area contributed by atoms with Gasteiger partial charge in [-0.15, -0.1) is 0 Å². The highest BCUT2D eigenvalue weighted by Crippen LogP contribution is 2.24. The van der Waals surface area contributed by atoms with E-state index in [2.05, 4.69) is 37.1 Å². The molecule has 2 aromatic rings. The van der Waals surface area contributed by atoms with Crippen LogP contribution < -0.4 is 0 Å². The molecule has 1 aromatic carbocycles. The molecule has 1 aromatic heterocycles. The van der Waals surface area contributed by atoms with E-state index in [9.17, 15) is 9.90 Å². The zero-order chi connectivity index (χ0) is 18.1. The fourth-order valence-electron chi connectivity index (χ4n) is 3.80. The van der Waals surface area contributed by atoms with Crippen LogP contribution in [0.15, 0.2) is 24.3 Å². The van der Waals surface area contributed by atoms with Crippen LogP contribution in [0, 0.1) is 20.8 Å². The van der Waals surface area contributed by atoms with Crippen molar-refractivity contribution in [1.29, 1.82) is 0 Å². The van der Waals surface area contributed by atoms with E-state index in [1.165, 1.54) is 11.1 Å². The van der Waals surface area contributed by atoms with Crippen molar-refractivity contribution in [2.45, 2.75) is 59.1 Å². The summed E-state index contributed by atoms with van der Waals surface area (Å²) < 4.78 is 1.84. The second-order valence-electron chi connectivity index (χ2n) is 7.31. The Balaban J connectivity index is 1.88. The Labute approximate surface area is 149 Å². The number of aromatic nitrogens is 2. The van der Waals surface area contributed by atoms with Gasteiger partial charge < -0.3 is 10.0 Å². The summed E-state index contributed by atoms with van der Waals surface area (Å²) in [4.78, 5) is 14.8. The molecule has 0 aliphatic carbocycles. The number of benzene rings is 1. The standard InChI is InChI=1S/C20H27N3O2/c1-13-8-14(2)10-18(9-13)23-15(3)11-19(21-23)20(25)22-7-5-6-17(22)12-16(4)24/h8-11,16-17,24H,5-7,12H2,1-4H3. The van der Waals surface area contributed by atoms with E-state index < -0.39 is 6.10 Å². The van der Waals surface area contributed by atoms with Crippen LogP contribution in [0.1, 0.15) is 53.5 Å². The summed E-state index contributed by atoms with van der Waals surface area (Å²) in [5, 5.41) is 14.3. The number of nitrogens with zero attached hydrogens (tertiary/aromatic N) is 3. The number of amides is 1. The second kappa shape index (κ2) is 7.00. The lowest BCUT2D eigenvalue weighted by Gasteiger charge is -2.24. The third-order valence-corrected chi connectivity index (χ3v) is 4.81. The molecule has 134 valence electrons. The Morgan fingerprint density at radius 2 is 1.92 bits per heavy atom. The first-order chi connectivity index (χ1) is 11.8. The Kier molecular flexibility index (Phi) is 4.95. The fraction of sp³-hybridized carbons (Fsp3) is 0.500. The van der Waals surface area contributed by atoms with E-state index in [0.29, 0.717) is 12.1 Å². The number of hydrogen-bond acceptors (Lipinski definition) is 3. The van der Waals surface area contributed by atoms with Gasteiger partial charge in [0.2, 0.25) is 0 Å². The quantitative estimate of drug-likeness (QED) is 0.929. The first-order valence-corrected chi connectivity index (χ1v) is 8.99. The van der Waals surface area contributed by atoms with Crippen molar-refractivity contribution in [3.05, 3.63) is 46.8 Å². The molecule has 2 heterocycles. The number of hydrogen-bond donors (Lipinski definition) is 1. The van der Waals surface area contributed by atoms with Gasteiger partial charge >= 0.3 is 0 Å². The van der Waals surface area contributed by atoms with Gasteiger partial charge in [0.05, 0.1) is 11.8 Å². The molecule has 1 N–H and O–H groups in total. The van der Waals surface area contributed by atoms with E-state index in [0.717, 1.165) is 30.8 Å². The SMILES string of the molecule is Cc1cc(C)cc(-n2nc(C(=O)N3CCCC3CC(C)O)cc2C)c1. The average Bonchev–Trinajstić information content (AvgIpc) is 3.11. The highest BCUT2D eigenvalue weighted by molar-refractivity contribution is 5.93. The van der Waals surface area contributed by atoms with Gasteiger partial charge in [-0.1, -0.05) is 6.07 Å². The number of carbonyl (C=O) groups is 1. The van der Waals surface area contributed by atoms with Gasteiger partial charge in [0.25, 0.3) is 5.91 Å². The molecule has 5 nitrogen and oxygen atoms in total. The van der Waals surface area contributed by atoms with Crippen LogP contribution in [0.25, 0.3) is 5.69 Å². The first-order valence-electron chi connectivity index (χ1n) is 8.99. The van der Waals surface area contributed by atoms with Crippen LogP contribution in [0.4, 0.5) is 0 Å². The minimum Gasteiger partial charge on any atom is -0.393 e. The van der Waals surface area contributed by atoms with Gasteiger partial charge in [-0.2, -0.15) is 5.10 Å².